The molecule has 0 atom stereocenters. The van der Waals surface area contributed by atoms with Crippen LogP contribution in [-0.4, -0.2) is 24.7 Å². The van der Waals surface area contributed by atoms with Crippen molar-refractivity contribution in [3.05, 3.63) is 21.7 Å². The highest BCUT2D eigenvalue weighted by Crippen LogP contribution is 2.38. The molecule has 8 nitrogen and oxygen atoms in total. The average molecular weight is 337 g/mol. The van der Waals surface area contributed by atoms with Gasteiger partial charge in [-0.1, -0.05) is 0 Å². The summed E-state index contributed by atoms with van der Waals surface area (Å²) in [6.45, 7) is 0. The van der Waals surface area contributed by atoms with Crippen molar-refractivity contribution >= 4 is 15.8 Å². The first-order chi connectivity index (χ1) is 9.33. The Morgan fingerprint density at radius 1 is 1.38 bits per heavy atom. The number of nitro groups is 1. The quantitative estimate of drug-likeness (QED) is 0.504. The molecule has 118 valence electrons. The van der Waals surface area contributed by atoms with Crippen LogP contribution in [0.4, 0.5) is 27.8 Å². The molecule has 0 saturated carbocycles. The Morgan fingerprint density at radius 3 is 2.24 bits per heavy atom. The molecular formula is C7H4F5N3O5S. The molecule has 0 fully saturated rings. The number of ether oxygens (including phenoxy) is 1. The van der Waals surface area contributed by atoms with E-state index in [2.05, 4.69) is 14.9 Å². The van der Waals surface area contributed by atoms with Crippen LogP contribution in [0, 0.1) is 10.1 Å². The number of pyridine rings is 1. The molecule has 0 aromatic carbocycles. The summed E-state index contributed by atoms with van der Waals surface area (Å²) in [5, 5.41) is 13.1. The maximum Gasteiger partial charge on any atom is 0.573 e. The maximum absolute atomic E-state index is 12.7. The van der Waals surface area contributed by atoms with Crippen LogP contribution in [-0.2, 0) is 10.0 Å². The molecule has 1 aromatic heterocycles. The molecule has 2 N–H and O–H groups in total. The third-order valence-electron chi connectivity index (χ3n) is 1.87. The first-order valence-corrected chi connectivity index (χ1v) is 6.13. The second-order valence-corrected chi connectivity index (χ2v) is 4.83. The van der Waals surface area contributed by atoms with Crippen LogP contribution in [0.5, 0.6) is 5.75 Å². The lowest BCUT2D eigenvalue weighted by Gasteiger charge is -2.13. The van der Waals surface area contributed by atoms with Crippen LogP contribution in [0.3, 0.4) is 0 Å². The number of rotatable bonds is 4. The fourth-order valence-electron chi connectivity index (χ4n) is 1.18. The number of nitrogens with two attached hydrogens (primary N) is 1. The fraction of sp³-hybridized carbons (Fsp3) is 0.286. The highest BCUT2D eigenvalue weighted by molar-refractivity contribution is 7.89. The average Bonchev–Trinajstić information content (AvgIpc) is 2.24. The van der Waals surface area contributed by atoms with E-state index in [1.807, 2.05) is 0 Å². The zero-order valence-corrected chi connectivity index (χ0v) is 10.3. The van der Waals surface area contributed by atoms with Crippen molar-refractivity contribution in [3.8, 4) is 5.75 Å². The van der Waals surface area contributed by atoms with Crippen molar-refractivity contribution in [3.63, 3.8) is 0 Å². The summed E-state index contributed by atoms with van der Waals surface area (Å²) in [5.41, 5.74) is -1.68. The third kappa shape index (κ3) is 4.19. The van der Waals surface area contributed by atoms with Gasteiger partial charge in [0.2, 0.25) is 5.75 Å². The standard InChI is InChI=1S/C7H4F5N3O5S/c8-5(9)2-1-3(15(16)17)14-6(21(13,18)19)4(2)20-7(10,11)12/h1,5H,(H2,13,18,19). The van der Waals surface area contributed by atoms with E-state index in [9.17, 15) is 40.5 Å². The van der Waals surface area contributed by atoms with E-state index in [1.54, 1.807) is 0 Å². The molecule has 0 aliphatic carbocycles. The van der Waals surface area contributed by atoms with Gasteiger partial charge in [0.25, 0.3) is 16.4 Å². The molecule has 14 heteroatoms. The zero-order valence-electron chi connectivity index (χ0n) is 9.47. The second kappa shape index (κ2) is 5.36. The van der Waals surface area contributed by atoms with Crippen LogP contribution >= 0.6 is 0 Å². The summed E-state index contributed by atoms with van der Waals surface area (Å²) in [5.74, 6) is -3.34. The van der Waals surface area contributed by atoms with Gasteiger partial charge in [-0.3, -0.25) is 0 Å². The number of alkyl halides is 5. The lowest BCUT2D eigenvalue weighted by atomic mass is 10.2. The predicted octanol–water partition coefficient (Wildman–Crippen LogP) is 1.47. The van der Waals surface area contributed by atoms with E-state index in [4.69, 9.17) is 0 Å². The number of halogens is 5. The SMILES string of the molecule is NS(=O)(=O)c1nc([N+](=O)[O-])cc(C(F)F)c1OC(F)(F)F. The minimum atomic E-state index is -5.54. The van der Waals surface area contributed by atoms with Gasteiger partial charge in [-0.2, -0.15) is 0 Å². The third-order valence-corrected chi connectivity index (χ3v) is 2.68. The van der Waals surface area contributed by atoms with E-state index < -0.39 is 49.9 Å². The Morgan fingerprint density at radius 2 is 1.90 bits per heavy atom. The molecule has 0 saturated heterocycles. The van der Waals surface area contributed by atoms with Crippen LogP contribution in [0.25, 0.3) is 0 Å². The maximum atomic E-state index is 12.7. The number of sulfonamides is 1. The number of hydrogen-bond acceptors (Lipinski definition) is 6. The fourth-order valence-corrected chi connectivity index (χ4v) is 1.82. The van der Waals surface area contributed by atoms with Crippen LogP contribution in [0.2, 0.25) is 0 Å². The molecule has 1 aromatic rings. The van der Waals surface area contributed by atoms with E-state index in [1.165, 1.54) is 0 Å². The summed E-state index contributed by atoms with van der Waals surface area (Å²) in [6, 6.07) is -0.0413. The van der Waals surface area contributed by atoms with Crippen molar-refractivity contribution in [1.29, 1.82) is 0 Å². The van der Waals surface area contributed by atoms with Crippen molar-refractivity contribution in [1.82, 2.24) is 4.98 Å². The van der Waals surface area contributed by atoms with Crippen molar-refractivity contribution in [2.45, 2.75) is 17.8 Å². The molecule has 0 radical (unpaired) electrons. The molecule has 0 aliphatic heterocycles. The molecule has 0 amide bonds. The van der Waals surface area contributed by atoms with Gasteiger partial charge in [-0.15, -0.1) is 13.2 Å². The molecule has 21 heavy (non-hydrogen) atoms. The molecule has 1 rings (SSSR count). The van der Waals surface area contributed by atoms with Gasteiger partial charge in [-0.25, -0.2) is 22.3 Å². The van der Waals surface area contributed by atoms with Crippen molar-refractivity contribution in [2.24, 2.45) is 5.14 Å². The summed E-state index contributed by atoms with van der Waals surface area (Å²) in [7, 11) is -5.09. The van der Waals surface area contributed by atoms with Gasteiger partial charge in [0.05, 0.1) is 5.56 Å². The lowest BCUT2D eigenvalue weighted by molar-refractivity contribution is -0.390. The van der Waals surface area contributed by atoms with Gasteiger partial charge in [0, 0.05) is 6.07 Å². The summed E-state index contributed by atoms with van der Waals surface area (Å²) in [6.07, 6.45) is -9.24. The minimum Gasteiger partial charge on any atom is -0.400 e. The Balaban J connectivity index is 3.75. The molecular weight excluding hydrogens is 333 g/mol. The molecule has 1 heterocycles. The Bertz CT molecular complexity index is 674. The van der Waals surface area contributed by atoms with Crippen LogP contribution < -0.4 is 9.88 Å². The number of hydrogen-bond donors (Lipinski definition) is 1. The van der Waals surface area contributed by atoms with Gasteiger partial charge in [-0.05, 0) is 9.91 Å². The smallest absolute Gasteiger partial charge is 0.400 e. The van der Waals surface area contributed by atoms with E-state index in [0.29, 0.717) is 0 Å². The molecule has 0 unspecified atom stereocenters. The Labute approximate surface area is 112 Å². The van der Waals surface area contributed by atoms with Gasteiger partial charge >= 0.3 is 17.2 Å². The van der Waals surface area contributed by atoms with Crippen LogP contribution in [0.1, 0.15) is 12.0 Å². The summed E-state index contributed by atoms with van der Waals surface area (Å²) in [4.78, 5) is 11.8. The normalized spacial score (nSPS) is 12.5. The summed E-state index contributed by atoms with van der Waals surface area (Å²) >= 11 is 0. The van der Waals surface area contributed by atoms with Gasteiger partial charge < -0.3 is 14.9 Å². The molecule has 0 aliphatic rings. The highest BCUT2D eigenvalue weighted by atomic mass is 32.2. The Kier molecular flexibility index (Phi) is 4.33. The monoisotopic (exact) mass is 337 g/mol. The lowest BCUT2D eigenvalue weighted by Crippen LogP contribution is -2.23. The van der Waals surface area contributed by atoms with Crippen molar-refractivity contribution in [2.75, 3.05) is 0 Å². The first kappa shape index (κ1) is 17.0. The number of nitrogens with zero attached hydrogens (tertiary/aromatic N) is 2. The second-order valence-electron chi connectivity index (χ2n) is 3.35. The topological polar surface area (TPSA) is 125 Å². The van der Waals surface area contributed by atoms with Crippen molar-refractivity contribution < 1.29 is 40.0 Å². The van der Waals surface area contributed by atoms with E-state index >= 15 is 0 Å². The van der Waals surface area contributed by atoms with Crippen LogP contribution in [0.15, 0.2) is 11.1 Å². The minimum absolute atomic E-state index is 0.0413. The number of primary sulfonamides is 1. The zero-order chi connectivity index (χ0) is 16.6. The van der Waals surface area contributed by atoms with E-state index in [-0.39, 0.29) is 6.07 Å². The first-order valence-electron chi connectivity index (χ1n) is 4.59. The molecule has 0 spiro atoms. The van der Waals surface area contributed by atoms with E-state index in [0.717, 1.165) is 0 Å². The molecule has 0 bridgehead atoms. The largest absolute Gasteiger partial charge is 0.573 e. The number of aromatic nitrogens is 1. The van der Waals surface area contributed by atoms with Gasteiger partial charge in [0.15, 0.2) is 0 Å². The Hall–Kier alpha value is -2.09. The summed E-state index contributed by atoms with van der Waals surface area (Å²) < 4.78 is 87.1. The highest BCUT2D eigenvalue weighted by Gasteiger charge is 2.40. The van der Waals surface area contributed by atoms with Gasteiger partial charge in [0.1, 0.15) is 0 Å². The predicted molar refractivity (Wildman–Crippen MR) is 53.9 cm³/mol.